The highest BCUT2D eigenvalue weighted by molar-refractivity contribution is 7.18. The van der Waals surface area contributed by atoms with Gasteiger partial charge < -0.3 is 10.5 Å². The molecule has 3 rings (SSSR count). The van der Waals surface area contributed by atoms with Gasteiger partial charge in [0, 0.05) is 7.11 Å². The average Bonchev–Trinajstić information content (AvgIpc) is 3.33. The van der Waals surface area contributed by atoms with E-state index in [1.165, 1.54) is 23.1 Å². The number of nitrogen functional groups attached to an aromatic ring is 1. The number of rotatable bonds is 6. The molecule has 3 heterocycles. The van der Waals surface area contributed by atoms with Crippen LogP contribution in [-0.2, 0) is 11.3 Å². The minimum absolute atomic E-state index is 0.00245. The molecule has 0 radical (unpaired) electrons. The molecular formula is C13H13ClN8O3S. The molecule has 11 nitrogen and oxygen atoms in total. The molecule has 1 amide bonds. The summed E-state index contributed by atoms with van der Waals surface area (Å²) < 4.78 is 11.5. The Kier molecular flexibility index (Phi) is 5.25. The van der Waals surface area contributed by atoms with Crippen LogP contribution < -0.4 is 11.2 Å². The lowest BCUT2D eigenvalue weighted by Crippen LogP contribution is -2.21. The van der Waals surface area contributed by atoms with Gasteiger partial charge in [-0.2, -0.15) is 9.78 Å². The maximum absolute atomic E-state index is 12.4. The van der Waals surface area contributed by atoms with Crippen molar-refractivity contribution < 1.29 is 14.2 Å². The monoisotopic (exact) mass is 396 g/mol. The van der Waals surface area contributed by atoms with Crippen molar-refractivity contribution in [1.29, 1.82) is 0 Å². The number of amides is 1. The number of ether oxygens (including phenoxy) is 1. The number of aromatic nitrogens is 5. The van der Waals surface area contributed by atoms with Crippen molar-refractivity contribution in [2.75, 3.05) is 12.8 Å². The Morgan fingerprint density at radius 3 is 2.92 bits per heavy atom. The van der Waals surface area contributed by atoms with Gasteiger partial charge in [-0.1, -0.05) is 16.8 Å². The Morgan fingerprint density at radius 2 is 2.31 bits per heavy atom. The molecule has 0 saturated carbocycles. The maximum Gasteiger partial charge on any atom is 0.293 e. The Morgan fingerprint density at radius 1 is 1.50 bits per heavy atom. The molecule has 3 aromatic heterocycles. The van der Waals surface area contributed by atoms with Crippen LogP contribution in [0.5, 0.6) is 0 Å². The fraction of sp³-hybridized carbons (Fsp3) is 0.231. The van der Waals surface area contributed by atoms with Gasteiger partial charge in [0.05, 0.1) is 21.5 Å². The van der Waals surface area contributed by atoms with Crippen molar-refractivity contribution >= 4 is 40.4 Å². The van der Waals surface area contributed by atoms with Crippen LogP contribution in [0, 0.1) is 0 Å². The van der Waals surface area contributed by atoms with Crippen LogP contribution in [0.4, 0.5) is 5.82 Å². The molecule has 3 aromatic rings. The van der Waals surface area contributed by atoms with Crippen molar-refractivity contribution in [2.24, 2.45) is 5.10 Å². The van der Waals surface area contributed by atoms with Crippen LogP contribution >= 0.6 is 22.9 Å². The van der Waals surface area contributed by atoms with Gasteiger partial charge in [0.2, 0.25) is 11.6 Å². The molecule has 0 saturated heterocycles. The molecule has 13 heteroatoms. The van der Waals surface area contributed by atoms with E-state index >= 15 is 0 Å². The topological polar surface area (TPSA) is 146 Å². The van der Waals surface area contributed by atoms with Gasteiger partial charge in [-0.3, -0.25) is 4.79 Å². The fourth-order valence-corrected chi connectivity index (χ4v) is 2.99. The molecule has 0 spiro atoms. The van der Waals surface area contributed by atoms with Gasteiger partial charge in [0.15, 0.2) is 5.69 Å². The van der Waals surface area contributed by atoms with Gasteiger partial charge >= 0.3 is 0 Å². The van der Waals surface area contributed by atoms with E-state index in [9.17, 15) is 4.79 Å². The minimum Gasteiger partial charge on any atom is -0.378 e. The van der Waals surface area contributed by atoms with Crippen molar-refractivity contribution in [2.45, 2.75) is 13.5 Å². The predicted octanol–water partition coefficient (Wildman–Crippen LogP) is 1.25. The third-order valence-electron chi connectivity index (χ3n) is 3.21. The number of halogens is 1. The van der Waals surface area contributed by atoms with Crippen LogP contribution in [0.15, 0.2) is 21.9 Å². The Bertz CT molecular complexity index is 962. The summed E-state index contributed by atoms with van der Waals surface area (Å²) in [6, 6.07) is 3.56. The quantitative estimate of drug-likeness (QED) is 0.467. The molecule has 26 heavy (non-hydrogen) atoms. The molecule has 0 unspecified atom stereocenters. The van der Waals surface area contributed by atoms with Crippen LogP contribution in [-0.4, -0.2) is 44.0 Å². The first-order chi connectivity index (χ1) is 12.5. The zero-order valence-electron chi connectivity index (χ0n) is 13.6. The maximum atomic E-state index is 12.4. The summed E-state index contributed by atoms with van der Waals surface area (Å²) in [5.41, 5.74) is 9.01. The first-order valence-corrected chi connectivity index (χ1v) is 8.33. The number of carbonyl (C=O) groups excluding carboxylic acids is 1. The molecule has 0 aromatic carbocycles. The Balaban J connectivity index is 1.85. The number of methoxy groups -OCH3 is 1. The molecule has 0 bridgehead atoms. The lowest BCUT2D eigenvalue weighted by molar-refractivity contribution is 0.0944. The highest BCUT2D eigenvalue weighted by Crippen LogP contribution is 2.22. The van der Waals surface area contributed by atoms with Crippen molar-refractivity contribution in [3.8, 4) is 5.82 Å². The second kappa shape index (κ2) is 7.59. The lowest BCUT2D eigenvalue weighted by atomic mass is 10.3. The number of hydrazone groups is 1. The average molecular weight is 397 g/mol. The summed E-state index contributed by atoms with van der Waals surface area (Å²) in [4.78, 5) is 13.3. The number of nitrogens with one attached hydrogen (secondary N) is 1. The van der Waals surface area contributed by atoms with Crippen molar-refractivity contribution in [3.63, 3.8) is 0 Å². The van der Waals surface area contributed by atoms with Gasteiger partial charge in [-0.05, 0) is 29.4 Å². The summed E-state index contributed by atoms with van der Waals surface area (Å²) in [7, 11) is 1.46. The normalized spacial score (nSPS) is 11.7. The van der Waals surface area contributed by atoms with Gasteiger partial charge in [0.25, 0.3) is 5.91 Å². The van der Waals surface area contributed by atoms with Gasteiger partial charge in [0.1, 0.15) is 5.69 Å². The van der Waals surface area contributed by atoms with Crippen LogP contribution in [0.2, 0.25) is 4.34 Å². The second-order valence-corrected chi connectivity index (χ2v) is 6.66. The molecule has 0 aliphatic rings. The van der Waals surface area contributed by atoms with E-state index in [0.717, 1.165) is 4.88 Å². The highest BCUT2D eigenvalue weighted by atomic mass is 35.5. The number of anilines is 1. The Labute approximate surface area is 155 Å². The molecule has 3 N–H and O–H groups in total. The number of carbonyl (C=O) groups is 1. The number of thiophene rings is 1. The van der Waals surface area contributed by atoms with E-state index in [2.05, 4.69) is 35.8 Å². The second-order valence-electron chi connectivity index (χ2n) is 4.94. The zero-order valence-corrected chi connectivity index (χ0v) is 15.2. The third kappa shape index (κ3) is 3.56. The molecule has 0 aliphatic heterocycles. The summed E-state index contributed by atoms with van der Waals surface area (Å²) in [5, 5.41) is 18.9. The molecule has 0 aliphatic carbocycles. The lowest BCUT2D eigenvalue weighted by Gasteiger charge is -2.04. The summed E-state index contributed by atoms with van der Waals surface area (Å²) in [5.74, 6) is -0.459. The number of nitrogens with two attached hydrogens (primary N) is 1. The standard InChI is InChI=1S/C13H13ClN8O3S/c1-6(8-3-4-9(14)26-8)16-18-13(23)10-7(5-24-2)22(21-17-10)12-11(15)19-25-20-12/h3-4H,5H2,1-2H3,(H2,15,19)(H,18,23). The SMILES string of the molecule is COCc1c(C(=O)NN=C(C)c2ccc(Cl)s2)nnn1-c1nonc1N. The van der Waals surface area contributed by atoms with E-state index in [4.69, 9.17) is 22.1 Å². The smallest absolute Gasteiger partial charge is 0.293 e. The number of hydrogen-bond donors (Lipinski definition) is 2. The summed E-state index contributed by atoms with van der Waals surface area (Å²) in [6.07, 6.45) is 0. The molecule has 0 fully saturated rings. The third-order valence-corrected chi connectivity index (χ3v) is 4.55. The van der Waals surface area contributed by atoms with Crippen LogP contribution in [0.25, 0.3) is 5.82 Å². The fourth-order valence-electron chi connectivity index (χ4n) is 2.00. The first kappa shape index (κ1) is 18.0. The van der Waals surface area contributed by atoms with Crippen LogP contribution in [0.3, 0.4) is 0 Å². The van der Waals surface area contributed by atoms with Crippen molar-refractivity contribution in [1.82, 2.24) is 30.7 Å². The van der Waals surface area contributed by atoms with E-state index in [0.29, 0.717) is 15.7 Å². The molecular weight excluding hydrogens is 384 g/mol. The molecule has 0 atom stereocenters. The van der Waals surface area contributed by atoms with E-state index in [1.807, 2.05) is 6.07 Å². The van der Waals surface area contributed by atoms with Crippen LogP contribution in [0.1, 0.15) is 28.0 Å². The van der Waals surface area contributed by atoms with Gasteiger partial charge in [-0.15, -0.1) is 16.4 Å². The van der Waals surface area contributed by atoms with E-state index < -0.39 is 5.91 Å². The minimum atomic E-state index is -0.569. The zero-order chi connectivity index (χ0) is 18.7. The first-order valence-electron chi connectivity index (χ1n) is 7.13. The summed E-state index contributed by atoms with van der Waals surface area (Å²) >= 11 is 7.25. The largest absolute Gasteiger partial charge is 0.378 e. The molecule has 136 valence electrons. The van der Waals surface area contributed by atoms with E-state index in [1.54, 1.807) is 13.0 Å². The summed E-state index contributed by atoms with van der Waals surface area (Å²) in [6.45, 7) is 1.78. The van der Waals surface area contributed by atoms with Crippen molar-refractivity contribution in [3.05, 3.63) is 32.7 Å². The Hall–Kier alpha value is -2.83. The number of hydrogen-bond acceptors (Lipinski definition) is 10. The van der Waals surface area contributed by atoms with E-state index in [-0.39, 0.29) is 23.9 Å². The predicted molar refractivity (Wildman–Crippen MR) is 93.3 cm³/mol. The van der Waals surface area contributed by atoms with Gasteiger partial charge in [-0.25, -0.2) is 10.1 Å². The highest BCUT2D eigenvalue weighted by Gasteiger charge is 2.23. The number of nitrogens with zero attached hydrogens (tertiary/aromatic N) is 6.